The summed E-state index contributed by atoms with van der Waals surface area (Å²) in [5.41, 5.74) is 13.4. The standard InChI is InChI=1S/C72H119N9O15S/c1-13-50(6)58(45-64(84)61-23-18-20-32-80(61)11)70(88)81(12)62(49(4)5)46-65(96-72(91)79(9)10)69-78-60(47-97-69)68(87)76-55(41-51(7)71(89)90)42-53-25-27-54(28-26-53)43-63(83)59(22-16-17-24-66(74)85)77-67(86)57(48(2)3)44-56(82)29-33-92-35-37-94-39-40-95-38-36-93-34-31-75-52(8)21-15-14-19-30-73/h25-28,47-51,55,57-59,61-62,65,75H,8,13-24,29-46,73H2,1-7,9-12H3,(H2,74,85)(H,76,87)(H,77,86)(H,89,90)/t50-,51-,55+,57-,58-,59-,61+,62+,65+/m0/s1. The number of likely N-dealkylation sites (N-methyl/N-ethyl adjacent to an activating group) is 1. The number of amides is 5. The Morgan fingerprint density at radius 1 is 0.763 bits per heavy atom. The molecule has 0 spiro atoms. The largest absolute Gasteiger partial charge is 0.481 e. The number of nitrogens with two attached hydrogens (primary N) is 2. The van der Waals surface area contributed by atoms with Crippen molar-refractivity contribution in [3.8, 4) is 0 Å². The van der Waals surface area contributed by atoms with Gasteiger partial charge < -0.3 is 66.0 Å². The van der Waals surface area contributed by atoms with Crippen molar-refractivity contribution in [2.45, 2.75) is 201 Å². The first-order valence-electron chi connectivity index (χ1n) is 35.2. The fraction of sp³-hybridized carbons (Fsp3) is 0.722. The van der Waals surface area contributed by atoms with Crippen molar-refractivity contribution in [1.82, 2.24) is 35.6 Å². The second kappa shape index (κ2) is 46.9. The molecular formula is C72H119N9O15S. The van der Waals surface area contributed by atoms with Gasteiger partial charge in [-0.05, 0) is 107 Å². The molecule has 0 bridgehead atoms. The third-order valence-corrected chi connectivity index (χ3v) is 19.0. The third kappa shape index (κ3) is 33.0. The Morgan fingerprint density at radius 3 is 1.98 bits per heavy atom. The van der Waals surface area contributed by atoms with E-state index in [0.717, 1.165) is 74.1 Å². The first-order chi connectivity index (χ1) is 46.2. The maximum atomic E-state index is 14.6. The number of likely N-dealkylation sites (tertiary alicyclic amines) is 1. The Balaban J connectivity index is 1.64. The van der Waals surface area contributed by atoms with Crippen LogP contribution in [0.2, 0.25) is 0 Å². The minimum Gasteiger partial charge on any atom is -0.481 e. The Kier molecular flexibility index (Phi) is 41.1. The molecule has 8 N–H and O–H groups in total. The van der Waals surface area contributed by atoms with Gasteiger partial charge in [-0.2, -0.15) is 0 Å². The highest BCUT2D eigenvalue weighted by atomic mass is 32.1. The number of nitrogens with zero attached hydrogens (tertiary/aromatic N) is 4. The van der Waals surface area contributed by atoms with Crippen LogP contribution in [0.25, 0.3) is 0 Å². The number of ether oxygens (including phenoxy) is 5. The van der Waals surface area contributed by atoms with Crippen LogP contribution in [-0.4, -0.2) is 203 Å². The summed E-state index contributed by atoms with van der Waals surface area (Å²) in [6.07, 6.45) is 7.67. The molecule has 0 radical (unpaired) electrons. The van der Waals surface area contributed by atoms with Gasteiger partial charge in [0, 0.05) is 101 Å². The molecule has 97 heavy (non-hydrogen) atoms. The number of thiazole rings is 1. The van der Waals surface area contributed by atoms with E-state index in [2.05, 4.69) is 27.4 Å². The van der Waals surface area contributed by atoms with Gasteiger partial charge in [-0.25, -0.2) is 9.78 Å². The zero-order valence-corrected chi connectivity index (χ0v) is 61.0. The number of hydrogen-bond donors (Lipinski definition) is 6. The number of primary amides is 1. The van der Waals surface area contributed by atoms with Gasteiger partial charge in [-0.3, -0.25) is 43.3 Å². The Hall–Kier alpha value is -6.22. The molecule has 24 nitrogen and oxygen atoms in total. The van der Waals surface area contributed by atoms with E-state index in [0.29, 0.717) is 82.6 Å². The predicted molar refractivity (Wildman–Crippen MR) is 376 cm³/mol. The topological polar surface area (TPSA) is 331 Å². The minimum atomic E-state index is -1.05. The van der Waals surface area contributed by atoms with E-state index in [-0.39, 0.29) is 124 Å². The zero-order chi connectivity index (χ0) is 72.0. The number of hydrogen-bond acceptors (Lipinski definition) is 19. The van der Waals surface area contributed by atoms with Gasteiger partial charge >= 0.3 is 12.1 Å². The molecule has 1 aliphatic heterocycles. The number of carbonyl (C=O) groups excluding carboxylic acids is 8. The lowest BCUT2D eigenvalue weighted by Gasteiger charge is -2.37. The molecule has 5 amide bonds. The SMILES string of the molecule is C=C(CCCCCN)NCCOCCOCCOCCOCCC(=O)C[C@H](C(=O)N[C@@H](CCCCC(N)=O)C(=O)Cc1ccc(C[C@@H](C[C@H](C)C(=O)O)NC(=O)c2csc([C@@H](C[C@H](C(C)C)N(C)C(=O)[C@@H](CC(=O)[C@H]3CCCCN3C)[C@@H](C)CC)OC(=O)N(C)C)n2)cc1)C(C)C. The summed E-state index contributed by atoms with van der Waals surface area (Å²) in [6, 6.07) is 4.80. The van der Waals surface area contributed by atoms with Gasteiger partial charge in [-0.15, -0.1) is 11.3 Å². The number of carboxylic acid groups (broad SMARTS) is 1. The maximum Gasteiger partial charge on any atom is 0.409 e. The number of nitrogens with one attached hydrogen (secondary N) is 3. The van der Waals surface area contributed by atoms with Crippen molar-refractivity contribution in [3.05, 3.63) is 63.7 Å². The van der Waals surface area contributed by atoms with E-state index < -0.39 is 71.8 Å². The number of carboxylic acids is 1. The average molecular weight is 1380 g/mol. The molecule has 0 aliphatic carbocycles. The molecule has 1 aromatic heterocycles. The molecule has 9 atom stereocenters. The van der Waals surface area contributed by atoms with Gasteiger partial charge in [0.1, 0.15) is 16.5 Å². The molecule has 0 saturated carbocycles. The third-order valence-electron chi connectivity index (χ3n) is 18.1. The summed E-state index contributed by atoms with van der Waals surface area (Å²) in [5, 5.41) is 21.1. The molecule has 3 rings (SSSR count). The molecular weight excluding hydrogens is 1260 g/mol. The van der Waals surface area contributed by atoms with E-state index in [1.807, 2.05) is 48.6 Å². The number of benzene rings is 1. The molecule has 548 valence electrons. The van der Waals surface area contributed by atoms with E-state index in [1.54, 1.807) is 62.6 Å². The van der Waals surface area contributed by atoms with Crippen LogP contribution in [0.15, 0.2) is 41.9 Å². The second-order valence-corrected chi connectivity index (χ2v) is 27.9. The normalized spacial score (nSPS) is 15.9. The minimum absolute atomic E-state index is 0.0240. The molecule has 2 aromatic rings. The lowest BCUT2D eigenvalue weighted by atomic mass is 9.83. The van der Waals surface area contributed by atoms with Crippen LogP contribution < -0.4 is 27.4 Å². The van der Waals surface area contributed by atoms with Crippen LogP contribution >= 0.6 is 11.3 Å². The van der Waals surface area contributed by atoms with Crippen LogP contribution in [-0.2, 0) is 70.1 Å². The van der Waals surface area contributed by atoms with Gasteiger partial charge in [0.05, 0.1) is 70.9 Å². The molecule has 1 saturated heterocycles. The smallest absolute Gasteiger partial charge is 0.409 e. The fourth-order valence-electron chi connectivity index (χ4n) is 11.7. The van der Waals surface area contributed by atoms with Crippen LogP contribution in [0.1, 0.15) is 190 Å². The number of carbonyl (C=O) groups is 9. The van der Waals surface area contributed by atoms with Crippen molar-refractivity contribution < 1.29 is 71.9 Å². The molecule has 1 fully saturated rings. The summed E-state index contributed by atoms with van der Waals surface area (Å²) in [4.78, 5) is 131. The fourth-order valence-corrected chi connectivity index (χ4v) is 12.6. The predicted octanol–water partition coefficient (Wildman–Crippen LogP) is 8.27. The van der Waals surface area contributed by atoms with Gasteiger partial charge in [0.25, 0.3) is 5.91 Å². The average Bonchev–Trinajstić information content (AvgIpc) is 1.81. The highest BCUT2D eigenvalue weighted by molar-refractivity contribution is 7.09. The van der Waals surface area contributed by atoms with E-state index in [1.165, 1.54) is 4.90 Å². The molecule has 1 aliphatic rings. The molecule has 25 heteroatoms. The summed E-state index contributed by atoms with van der Waals surface area (Å²) in [5.74, 6) is -5.63. The summed E-state index contributed by atoms with van der Waals surface area (Å²) >= 11 is 1.12. The Bertz CT molecular complexity index is 2730. The van der Waals surface area contributed by atoms with E-state index >= 15 is 0 Å². The van der Waals surface area contributed by atoms with Gasteiger partial charge in [0.15, 0.2) is 17.7 Å². The lowest BCUT2D eigenvalue weighted by Crippen LogP contribution is -2.48. The van der Waals surface area contributed by atoms with Crippen molar-refractivity contribution in [3.63, 3.8) is 0 Å². The summed E-state index contributed by atoms with van der Waals surface area (Å²) in [7, 11) is 6.79. The number of ketones is 3. The second-order valence-electron chi connectivity index (χ2n) is 27.0. The van der Waals surface area contributed by atoms with Crippen molar-refractivity contribution in [1.29, 1.82) is 0 Å². The first kappa shape index (κ1) is 85.0. The quantitative estimate of drug-likeness (QED) is 0.0339. The van der Waals surface area contributed by atoms with Crippen LogP contribution in [0.5, 0.6) is 0 Å². The Morgan fingerprint density at radius 2 is 1.39 bits per heavy atom. The first-order valence-corrected chi connectivity index (χ1v) is 36.1. The van der Waals surface area contributed by atoms with Crippen molar-refractivity contribution in [2.24, 2.45) is 47.0 Å². The van der Waals surface area contributed by atoms with E-state index in [4.69, 9.17) is 40.1 Å². The van der Waals surface area contributed by atoms with Gasteiger partial charge in [-0.1, -0.05) is 105 Å². The lowest BCUT2D eigenvalue weighted by molar-refractivity contribution is -0.143. The number of unbranched alkanes of at least 4 members (excludes halogenated alkanes) is 3. The number of piperidine rings is 1. The summed E-state index contributed by atoms with van der Waals surface area (Å²) < 4.78 is 28.5. The van der Waals surface area contributed by atoms with Crippen LogP contribution in [0.4, 0.5) is 4.79 Å². The van der Waals surface area contributed by atoms with Crippen LogP contribution in [0.3, 0.4) is 0 Å². The maximum absolute atomic E-state index is 14.6. The van der Waals surface area contributed by atoms with Crippen molar-refractivity contribution in [2.75, 3.05) is 101 Å². The number of allylic oxidation sites excluding steroid dienone is 1. The van der Waals surface area contributed by atoms with Crippen molar-refractivity contribution >= 4 is 64.4 Å². The molecule has 1 aromatic carbocycles. The highest BCUT2D eigenvalue weighted by Gasteiger charge is 2.39. The van der Waals surface area contributed by atoms with Crippen LogP contribution in [0, 0.1) is 35.5 Å². The van der Waals surface area contributed by atoms with E-state index in [9.17, 15) is 48.3 Å². The number of aliphatic carboxylic acids is 1. The number of aromatic nitrogens is 1. The summed E-state index contributed by atoms with van der Waals surface area (Å²) in [6.45, 7) is 22.4. The number of rotatable bonds is 53. The zero-order valence-electron chi connectivity index (χ0n) is 60.2. The number of Topliss-reactive ketones (excluding diaryl/α,β-unsaturated/α-hetero) is 3. The Labute approximate surface area is 581 Å². The monoisotopic (exact) mass is 1380 g/mol. The molecule has 0 unspecified atom stereocenters. The van der Waals surface area contributed by atoms with Gasteiger partial charge in [0.2, 0.25) is 17.7 Å². The molecule has 2 heterocycles. The highest BCUT2D eigenvalue weighted by Crippen LogP contribution is 2.34.